The molecule has 2 aromatic rings. The van der Waals surface area contributed by atoms with Gasteiger partial charge in [-0.15, -0.1) is 0 Å². The number of hydrogen-bond donors (Lipinski definition) is 1. The van der Waals surface area contributed by atoms with Gasteiger partial charge < -0.3 is 10.1 Å². The number of rotatable bonds is 7. The molecule has 0 saturated carbocycles. The van der Waals surface area contributed by atoms with Crippen molar-refractivity contribution < 1.29 is 13.5 Å². The van der Waals surface area contributed by atoms with E-state index in [0.717, 1.165) is 16.8 Å². The van der Waals surface area contributed by atoms with Crippen molar-refractivity contribution in [2.24, 2.45) is 0 Å². The second-order valence-electron chi connectivity index (χ2n) is 6.35. The van der Waals surface area contributed by atoms with E-state index >= 15 is 0 Å². The molecule has 2 aromatic heterocycles. The molecule has 0 unspecified atom stereocenters. The zero-order chi connectivity index (χ0) is 20.8. The lowest BCUT2D eigenvalue weighted by Crippen LogP contribution is -2.32. The number of pyridine rings is 2. The van der Waals surface area contributed by atoms with Crippen molar-refractivity contribution >= 4 is 17.4 Å². The van der Waals surface area contributed by atoms with Crippen LogP contribution < -0.4 is 10.1 Å². The first-order valence-electron chi connectivity index (χ1n) is 8.82. The van der Waals surface area contributed by atoms with Gasteiger partial charge in [-0.3, -0.25) is 9.88 Å². The van der Waals surface area contributed by atoms with Gasteiger partial charge in [0, 0.05) is 25.2 Å². The van der Waals surface area contributed by atoms with Crippen LogP contribution in [0, 0.1) is 22.7 Å². The van der Waals surface area contributed by atoms with Gasteiger partial charge in [0.2, 0.25) is 0 Å². The van der Waals surface area contributed by atoms with Gasteiger partial charge in [-0.05, 0) is 24.1 Å². The predicted octanol–water partition coefficient (Wildman–Crippen LogP) is 3.14. The summed E-state index contributed by atoms with van der Waals surface area (Å²) in [6.45, 7) is 1.12. The number of aromatic nitrogens is 2. The van der Waals surface area contributed by atoms with Gasteiger partial charge >= 0.3 is 0 Å². The number of alkyl halides is 2. The summed E-state index contributed by atoms with van der Waals surface area (Å²) in [4.78, 5) is 10.6. The van der Waals surface area contributed by atoms with E-state index in [1.807, 2.05) is 6.07 Å². The maximum absolute atomic E-state index is 12.2. The molecule has 1 aliphatic rings. The first-order chi connectivity index (χ1) is 14.0. The summed E-state index contributed by atoms with van der Waals surface area (Å²) in [5.41, 5.74) is 2.76. The Labute approximate surface area is 171 Å². The fraction of sp³-hybridized carbons (Fsp3) is 0.368. The zero-order valence-corrected chi connectivity index (χ0v) is 16.1. The largest absolute Gasteiger partial charge is 0.486 e. The van der Waals surface area contributed by atoms with Gasteiger partial charge in [0.25, 0.3) is 6.43 Å². The minimum atomic E-state index is -2.54. The Morgan fingerprint density at radius 2 is 2.14 bits per heavy atom. The SMILES string of the molecule is N#CCNc1nc(Cl)c(C#N)c2c1CCN(Cc1ccc(OCC(F)F)cn1)C2. The minimum absolute atomic E-state index is 0.0925. The van der Waals surface area contributed by atoms with E-state index in [0.29, 0.717) is 37.4 Å². The quantitative estimate of drug-likeness (QED) is 0.544. The second kappa shape index (κ2) is 9.46. The molecule has 1 aliphatic heterocycles. The Morgan fingerprint density at radius 3 is 2.79 bits per heavy atom. The van der Waals surface area contributed by atoms with Crippen molar-refractivity contribution in [3.05, 3.63) is 45.9 Å². The maximum Gasteiger partial charge on any atom is 0.272 e. The normalized spacial score (nSPS) is 13.4. The summed E-state index contributed by atoms with van der Waals surface area (Å²) in [6, 6.07) is 7.45. The molecule has 0 bridgehead atoms. The highest BCUT2D eigenvalue weighted by atomic mass is 35.5. The van der Waals surface area contributed by atoms with E-state index in [1.165, 1.54) is 6.20 Å². The lowest BCUT2D eigenvalue weighted by molar-refractivity contribution is 0.0817. The summed E-state index contributed by atoms with van der Waals surface area (Å²) in [6.07, 6.45) is -0.482. The van der Waals surface area contributed by atoms with E-state index in [4.69, 9.17) is 21.6 Å². The van der Waals surface area contributed by atoms with Gasteiger partial charge in [-0.1, -0.05) is 11.6 Å². The highest BCUT2D eigenvalue weighted by molar-refractivity contribution is 6.30. The Balaban J connectivity index is 1.74. The third-order valence-electron chi connectivity index (χ3n) is 4.43. The molecule has 7 nitrogen and oxygen atoms in total. The number of anilines is 1. The van der Waals surface area contributed by atoms with Crippen LogP contribution in [0.4, 0.5) is 14.6 Å². The smallest absolute Gasteiger partial charge is 0.272 e. The number of nitrogens with one attached hydrogen (secondary N) is 1. The first-order valence-corrected chi connectivity index (χ1v) is 9.20. The monoisotopic (exact) mass is 418 g/mol. The average molecular weight is 419 g/mol. The van der Waals surface area contributed by atoms with Crippen LogP contribution in [0.1, 0.15) is 22.4 Å². The second-order valence-corrected chi connectivity index (χ2v) is 6.71. The van der Waals surface area contributed by atoms with Crippen LogP contribution in [-0.4, -0.2) is 41.0 Å². The predicted molar refractivity (Wildman–Crippen MR) is 102 cm³/mol. The summed E-state index contributed by atoms with van der Waals surface area (Å²) >= 11 is 6.17. The molecule has 0 radical (unpaired) electrons. The third kappa shape index (κ3) is 5.08. The zero-order valence-electron chi connectivity index (χ0n) is 15.3. The fourth-order valence-corrected chi connectivity index (χ4v) is 3.39. The van der Waals surface area contributed by atoms with Crippen molar-refractivity contribution in [1.29, 1.82) is 10.5 Å². The molecule has 0 aliphatic carbocycles. The van der Waals surface area contributed by atoms with Crippen LogP contribution in [0.2, 0.25) is 5.15 Å². The van der Waals surface area contributed by atoms with E-state index < -0.39 is 13.0 Å². The Bertz CT molecular complexity index is 955. The molecule has 1 N–H and O–H groups in total. The molecule has 0 aromatic carbocycles. The lowest BCUT2D eigenvalue weighted by Gasteiger charge is -2.30. The Kier molecular flexibility index (Phi) is 6.76. The molecule has 0 spiro atoms. The third-order valence-corrected chi connectivity index (χ3v) is 4.71. The highest BCUT2D eigenvalue weighted by Crippen LogP contribution is 2.32. The highest BCUT2D eigenvalue weighted by Gasteiger charge is 2.25. The molecular formula is C19H17ClF2N6O. The van der Waals surface area contributed by atoms with Crippen LogP contribution in [0.3, 0.4) is 0 Å². The number of nitriles is 2. The Hall–Kier alpha value is -3.01. The standard InChI is InChI=1S/C19H17ClF2N6O/c20-18-15(7-24)16-10-28(6-3-14(16)19(27-18)25-5-4-23)9-12-1-2-13(8-26-12)29-11-17(21)22/h1-2,8,17H,3,5-6,9-11H2,(H,25,27). The number of hydrogen-bond acceptors (Lipinski definition) is 7. The van der Waals surface area contributed by atoms with Gasteiger partial charge in [0.1, 0.15) is 35.9 Å². The van der Waals surface area contributed by atoms with E-state index in [-0.39, 0.29) is 17.4 Å². The van der Waals surface area contributed by atoms with E-state index in [1.54, 1.807) is 12.1 Å². The number of nitrogens with zero attached hydrogens (tertiary/aromatic N) is 5. The number of halogens is 3. The number of ether oxygens (including phenoxy) is 1. The Morgan fingerprint density at radius 1 is 1.31 bits per heavy atom. The molecule has 3 rings (SSSR count). The fourth-order valence-electron chi connectivity index (χ4n) is 3.15. The van der Waals surface area contributed by atoms with Crippen molar-refractivity contribution in [3.8, 4) is 17.9 Å². The van der Waals surface area contributed by atoms with Crippen LogP contribution in [0.5, 0.6) is 5.75 Å². The molecule has 10 heteroatoms. The molecule has 0 amide bonds. The molecule has 29 heavy (non-hydrogen) atoms. The molecule has 0 atom stereocenters. The van der Waals surface area contributed by atoms with Gasteiger partial charge in [-0.25, -0.2) is 13.8 Å². The van der Waals surface area contributed by atoms with Crippen molar-refractivity contribution in [1.82, 2.24) is 14.9 Å². The lowest BCUT2D eigenvalue weighted by atomic mass is 9.96. The van der Waals surface area contributed by atoms with Gasteiger partial charge in [0.05, 0.1) is 23.5 Å². The van der Waals surface area contributed by atoms with Gasteiger partial charge in [0.15, 0.2) is 0 Å². The first kappa shape index (κ1) is 20.7. The van der Waals surface area contributed by atoms with Crippen LogP contribution in [0.25, 0.3) is 0 Å². The average Bonchev–Trinajstić information content (AvgIpc) is 2.71. The summed E-state index contributed by atoms with van der Waals surface area (Å²) in [7, 11) is 0. The van der Waals surface area contributed by atoms with Crippen molar-refractivity contribution in [2.75, 3.05) is 25.0 Å². The molecule has 0 saturated heterocycles. The topological polar surface area (TPSA) is 97.9 Å². The molecular weight excluding hydrogens is 402 g/mol. The summed E-state index contributed by atoms with van der Waals surface area (Å²) in [5.74, 6) is 0.819. The summed E-state index contributed by atoms with van der Waals surface area (Å²) < 4.78 is 29.4. The van der Waals surface area contributed by atoms with E-state index in [2.05, 4.69) is 26.3 Å². The summed E-state index contributed by atoms with van der Waals surface area (Å²) in [5, 5.41) is 21.3. The van der Waals surface area contributed by atoms with E-state index in [9.17, 15) is 14.0 Å². The molecule has 0 fully saturated rings. The molecule has 150 valence electrons. The maximum atomic E-state index is 12.2. The van der Waals surface area contributed by atoms with Crippen molar-refractivity contribution in [3.63, 3.8) is 0 Å². The van der Waals surface area contributed by atoms with Crippen LogP contribution in [0.15, 0.2) is 18.3 Å². The van der Waals surface area contributed by atoms with Crippen LogP contribution in [-0.2, 0) is 19.5 Å². The van der Waals surface area contributed by atoms with Crippen molar-refractivity contribution in [2.45, 2.75) is 25.9 Å². The van der Waals surface area contributed by atoms with Gasteiger partial charge in [-0.2, -0.15) is 10.5 Å². The molecule has 3 heterocycles. The number of fused-ring (bicyclic) bond motifs is 1. The van der Waals surface area contributed by atoms with Crippen LogP contribution >= 0.6 is 11.6 Å². The minimum Gasteiger partial charge on any atom is -0.486 e.